The molecular weight excluding hydrogens is 236 g/mol. The van der Waals surface area contributed by atoms with Crippen molar-refractivity contribution < 1.29 is 4.74 Å². The second-order valence-electron chi connectivity index (χ2n) is 4.32. The van der Waals surface area contributed by atoms with Gasteiger partial charge < -0.3 is 10.5 Å². The number of likely N-dealkylation sites (tertiary alicyclic amines) is 1. The van der Waals surface area contributed by atoms with Gasteiger partial charge in [-0.1, -0.05) is 18.2 Å². The van der Waals surface area contributed by atoms with E-state index in [-0.39, 0.29) is 12.4 Å². The molecule has 0 aromatic heterocycles. The molecule has 1 saturated heterocycles. The van der Waals surface area contributed by atoms with Crippen molar-refractivity contribution in [2.75, 3.05) is 19.7 Å². The van der Waals surface area contributed by atoms with Gasteiger partial charge in [0.1, 0.15) is 5.75 Å². The molecule has 0 spiro atoms. The van der Waals surface area contributed by atoms with Crippen molar-refractivity contribution in [2.45, 2.75) is 25.9 Å². The van der Waals surface area contributed by atoms with Crippen molar-refractivity contribution in [2.24, 2.45) is 5.73 Å². The van der Waals surface area contributed by atoms with Crippen LogP contribution in [0.5, 0.6) is 5.75 Å². The lowest BCUT2D eigenvalue weighted by Crippen LogP contribution is -2.26. The molecule has 0 amide bonds. The zero-order chi connectivity index (χ0) is 11.4. The normalized spacial score (nSPS) is 20.0. The molecule has 0 saturated carbocycles. The van der Waals surface area contributed by atoms with Gasteiger partial charge in [0.05, 0.1) is 6.61 Å². The molecular formula is C13H21ClN2O. The first kappa shape index (κ1) is 14.3. The zero-order valence-corrected chi connectivity index (χ0v) is 11.1. The highest BCUT2D eigenvalue weighted by molar-refractivity contribution is 5.85. The van der Waals surface area contributed by atoms with Gasteiger partial charge in [-0.3, -0.25) is 4.90 Å². The summed E-state index contributed by atoms with van der Waals surface area (Å²) in [6.45, 7) is 5.78. The Labute approximate surface area is 109 Å². The topological polar surface area (TPSA) is 38.5 Å². The Morgan fingerprint density at radius 1 is 1.41 bits per heavy atom. The Balaban J connectivity index is 0.00000144. The largest absolute Gasteiger partial charge is 0.494 e. The smallest absolute Gasteiger partial charge is 0.123 e. The molecule has 96 valence electrons. The molecule has 2 N–H and O–H groups in total. The lowest BCUT2D eigenvalue weighted by Gasteiger charge is -2.17. The fraction of sp³-hybridized carbons (Fsp3) is 0.538. The molecule has 1 aromatic carbocycles. The second kappa shape index (κ2) is 6.84. The number of para-hydroxylation sites is 1. The van der Waals surface area contributed by atoms with Gasteiger partial charge in [-0.25, -0.2) is 0 Å². The molecule has 1 aliphatic heterocycles. The molecule has 0 bridgehead atoms. The van der Waals surface area contributed by atoms with E-state index in [1.165, 1.54) is 5.56 Å². The van der Waals surface area contributed by atoms with Crippen LogP contribution in [-0.4, -0.2) is 30.6 Å². The summed E-state index contributed by atoms with van der Waals surface area (Å²) in [6.07, 6.45) is 1.11. The van der Waals surface area contributed by atoms with Crippen LogP contribution >= 0.6 is 12.4 Å². The maximum Gasteiger partial charge on any atom is 0.123 e. The summed E-state index contributed by atoms with van der Waals surface area (Å²) in [5.74, 6) is 1.01. The standard InChI is InChI=1S/C13H20N2O.ClH/c1-2-16-13-6-4-3-5-11(13)9-15-8-7-12(14)10-15;/h3-6,12H,2,7-10,14H2,1H3;1H/t12-;/m0./s1. The van der Waals surface area contributed by atoms with Crippen molar-refractivity contribution in [1.82, 2.24) is 4.90 Å². The van der Waals surface area contributed by atoms with E-state index < -0.39 is 0 Å². The van der Waals surface area contributed by atoms with E-state index in [1.54, 1.807) is 0 Å². The third kappa shape index (κ3) is 3.87. The molecule has 0 unspecified atom stereocenters. The number of rotatable bonds is 4. The third-order valence-corrected chi connectivity index (χ3v) is 2.98. The van der Waals surface area contributed by atoms with Crippen LogP contribution < -0.4 is 10.5 Å². The summed E-state index contributed by atoms with van der Waals surface area (Å²) in [5.41, 5.74) is 7.17. The number of hydrogen-bond acceptors (Lipinski definition) is 3. The van der Waals surface area contributed by atoms with E-state index in [4.69, 9.17) is 10.5 Å². The number of halogens is 1. The number of nitrogens with zero attached hydrogens (tertiary/aromatic N) is 1. The SMILES string of the molecule is CCOc1ccccc1CN1CC[C@H](N)C1.Cl. The van der Waals surface area contributed by atoms with E-state index in [2.05, 4.69) is 17.0 Å². The molecule has 1 aromatic rings. The third-order valence-electron chi connectivity index (χ3n) is 2.98. The van der Waals surface area contributed by atoms with Crippen LogP contribution in [0, 0.1) is 0 Å². The van der Waals surface area contributed by atoms with Gasteiger partial charge in [-0.05, 0) is 19.4 Å². The number of ether oxygens (including phenoxy) is 1. The molecule has 2 rings (SSSR count). The zero-order valence-electron chi connectivity index (χ0n) is 10.3. The summed E-state index contributed by atoms with van der Waals surface area (Å²) < 4.78 is 5.62. The summed E-state index contributed by atoms with van der Waals surface area (Å²) in [6, 6.07) is 8.60. The number of benzene rings is 1. The highest BCUT2D eigenvalue weighted by Gasteiger charge is 2.19. The lowest BCUT2D eigenvalue weighted by molar-refractivity contribution is 0.302. The van der Waals surface area contributed by atoms with Crippen molar-refractivity contribution >= 4 is 12.4 Å². The minimum Gasteiger partial charge on any atom is -0.494 e. The Morgan fingerprint density at radius 3 is 2.82 bits per heavy atom. The molecule has 1 aliphatic rings. The number of hydrogen-bond donors (Lipinski definition) is 1. The first-order valence-electron chi connectivity index (χ1n) is 5.98. The van der Waals surface area contributed by atoms with Crippen LogP contribution in [0.4, 0.5) is 0 Å². The predicted octanol–water partition coefficient (Wildman–Crippen LogP) is 2.04. The average Bonchev–Trinajstić information content (AvgIpc) is 2.67. The van der Waals surface area contributed by atoms with Crippen LogP contribution in [0.25, 0.3) is 0 Å². The molecule has 1 heterocycles. The highest BCUT2D eigenvalue weighted by Crippen LogP contribution is 2.21. The van der Waals surface area contributed by atoms with Gasteiger partial charge in [0.2, 0.25) is 0 Å². The van der Waals surface area contributed by atoms with Gasteiger partial charge >= 0.3 is 0 Å². The molecule has 0 radical (unpaired) electrons. The van der Waals surface area contributed by atoms with Gasteiger partial charge in [0.25, 0.3) is 0 Å². The van der Waals surface area contributed by atoms with E-state index in [0.717, 1.165) is 38.4 Å². The minimum absolute atomic E-state index is 0. The van der Waals surface area contributed by atoms with Crippen LogP contribution in [0.15, 0.2) is 24.3 Å². The molecule has 3 nitrogen and oxygen atoms in total. The van der Waals surface area contributed by atoms with Crippen LogP contribution in [0.1, 0.15) is 18.9 Å². The summed E-state index contributed by atoms with van der Waals surface area (Å²) in [5, 5.41) is 0. The summed E-state index contributed by atoms with van der Waals surface area (Å²) in [4.78, 5) is 2.39. The Hall–Kier alpha value is -0.770. The fourth-order valence-electron chi connectivity index (χ4n) is 2.18. The molecule has 4 heteroatoms. The van der Waals surface area contributed by atoms with Gasteiger partial charge in [0.15, 0.2) is 0 Å². The van der Waals surface area contributed by atoms with E-state index >= 15 is 0 Å². The maximum absolute atomic E-state index is 5.90. The van der Waals surface area contributed by atoms with E-state index in [1.807, 2.05) is 19.1 Å². The van der Waals surface area contributed by atoms with Crippen LogP contribution in [-0.2, 0) is 6.54 Å². The second-order valence-corrected chi connectivity index (χ2v) is 4.32. The number of nitrogens with two attached hydrogens (primary N) is 1. The quantitative estimate of drug-likeness (QED) is 0.896. The minimum atomic E-state index is 0. The molecule has 0 aliphatic carbocycles. The van der Waals surface area contributed by atoms with Crippen molar-refractivity contribution in [3.63, 3.8) is 0 Å². The Kier molecular flexibility index (Phi) is 5.75. The summed E-state index contributed by atoms with van der Waals surface area (Å²) in [7, 11) is 0. The Morgan fingerprint density at radius 2 is 2.18 bits per heavy atom. The van der Waals surface area contributed by atoms with Gasteiger partial charge in [-0.15, -0.1) is 12.4 Å². The molecule has 1 fully saturated rings. The predicted molar refractivity (Wildman–Crippen MR) is 72.7 cm³/mol. The van der Waals surface area contributed by atoms with Crippen molar-refractivity contribution in [1.29, 1.82) is 0 Å². The lowest BCUT2D eigenvalue weighted by atomic mass is 10.2. The Bertz CT molecular complexity index is 346. The first-order chi connectivity index (χ1) is 7.79. The van der Waals surface area contributed by atoms with Gasteiger partial charge in [-0.2, -0.15) is 0 Å². The monoisotopic (exact) mass is 256 g/mol. The van der Waals surface area contributed by atoms with Crippen LogP contribution in [0.3, 0.4) is 0 Å². The van der Waals surface area contributed by atoms with Crippen LogP contribution in [0.2, 0.25) is 0 Å². The average molecular weight is 257 g/mol. The molecule has 17 heavy (non-hydrogen) atoms. The van der Waals surface area contributed by atoms with Crippen molar-refractivity contribution in [3.05, 3.63) is 29.8 Å². The highest BCUT2D eigenvalue weighted by atomic mass is 35.5. The maximum atomic E-state index is 5.90. The van der Waals surface area contributed by atoms with E-state index in [0.29, 0.717) is 6.04 Å². The first-order valence-corrected chi connectivity index (χ1v) is 5.98. The van der Waals surface area contributed by atoms with Crippen molar-refractivity contribution in [3.8, 4) is 5.75 Å². The molecule has 1 atom stereocenters. The summed E-state index contributed by atoms with van der Waals surface area (Å²) >= 11 is 0. The fourth-order valence-corrected chi connectivity index (χ4v) is 2.18. The van der Waals surface area contributed by atoms with Gasteiger partial charge in [0, 0.05) is 31.2 Å². The van der Waals surface area contributed by atoms with E-state index in [9.17, 15) is 0 Å².